The molecule has 1 aliphatic carbocycles. The molecule has 5 heteroatoms. The third kappa shape index (κ3) is 2.85. The number of carbonyl (C=O) groups is 1. The minimum absolute atomic E-state index is 0.0242. The first-order valence-electron chi connectivity index (χ1n) is 9.37. The average Bonchev–Trinajstić information content (AvgIpc) is 3.16. The second-order valence-corrected chi connectivity index (χ2v) is 8.49. The van der Waals surface area contributed by atoms with E-state index in [4.69, 9.17) is 4.99 Å². The molecule has 0 N–H and O–H groups in total. The molecule has 1 aromatic carbocycles. The Kier molecular flexibility index (Phi) is 4.20. The summed E-state index contributed by atoms with van der Waals surface area (Å²) in [6.07, 6.45) is 6.68. The Morgan fingerprint density at radius 2 is 2.07 bits per heavy atom. The van der Waals surface area contributed by atoms with E-state index in [1.165, 1.54) is 11.8 Å². The molecule has 1 aromatic heterocycles. The number of benzene rings is 1. The standard InChI is InChI=1S/C22H19FN2OS/c23-16-7-6-13(11-15(16)14-3-2-9-24-12-14)20-21-17(4-1-5-19(21)26)25-18-8-10-27-22(18)20/h2-3,6-7,9,11-12,20,22H,1,4-5,8,10H2. The first kappa shape index (κ1) is 16.9. The summed E-state index contributed by atoms with van der Waals surface area (Å²) in [5.41, 5.74) is 5.34. The summed E-state index contributed by atoms with van der Waals surface area (Å²) < 4.78 is 14.6. The van der Waals surface area contributed by atoms with E-state index in [1.807, 2.05) is 36.0 Å². The highest BCUT2D eigenvalue weighted by atomic mass is 32.2. The van der Waals surface area contributed by atoms with Crippen LogP contribution in [0.25, 0.3) is 11.1 Å². The van der Waals surface area contributed by atoms with Crippen LogP contribution in [0.15, 0.2) is 59.0 Å². The van der Waals surface area contributed by atoms with Gasteiger partial charge in [-0.1, -0.05) is 12.1 Å². The zero-order valence-corrected chi connectivity index (χ0v) is 15.6. The number of ketones is 1. The summed E-state index contributed by atoms with van der Waals surface area (Å²) in [5, 5.41) is 0.193. The number of halogens is 1. The predicted molar refractivity (Wildman–Crippen MR) is 107 cm³/mol. The molecule has 2 atom stereocenters. The molecule has 3 aliphatic rings. The lowest BCUT2D eigenvalue weighted by molar-refractivity contribution is -0.116. The van der Waals surface area contributed by atoms with Gasteiger partial charge in [0.05, 0.1) is 5.25 Å². The topological polar surface area (TPSA) is 42.3 Å². The first-order chi connectivity index (χ1) is 13.2. The van der Waals surface area contributed by atoms with Crippen molar-refractivity contribution in [1.82, 2.24) is 4.98 Å². The van der Waals surface area contributed by atoms with Gasteiger partial charge in [-0.05, 0) is 48.8 Å². The molecule has 27 heavy (non-hydrogen) atoms. The van der Waals surface area contributed by atoms with Crippen LogP contribution >= 0.6 is 11.8 Å². The van der Waals surface area contributed by atoms with E-state index in [9.17, 15) is 9.18 Å². The Hall–Kier alpha value is -2.27. The minimum atomic E-state index is -0.264. The Morgan fingerprint density at radius 1 is 1.15 bits per heavy atom. The van der Waals surface area contributed by atoms with E-state index in [2.05, 4.69) is 4.98 Å². The lowest BCUT2D eigenvalue weighted by Crippen LogP contribution is -2.32. The van der Waals surface area contributed by atoms with Gasteiger partial charge in [0.2, 0.25) is 0 Å². The maximum absolute atomic E-state index is 14.6. The summed E-state index contributed by atoms with van der Waals surface area (Å²) in [6, 6.07) is 8.95. The summed E-state index contributed by atoms with van der Waals surface area (Å²) in [5.74, 6) is 0.957. The number of aliphatic imine (C=N–C) groups is 1. The molecule has 2 aromatic rings. The SMILES string of the molecule is O=C1CCCC2=C1C(c1ccc(F)c(-c3cccnc3)c1)C1SCCC1=N2. The molecular weight excluding hydrogens is 359 g/mol. The van der Waals surface area contributed by atoms with Crippen molar-refractivity contribution in [3.05, 3.63) is 65.4 Å². The Bertz CT molecular complexity index is 983. The highest BCUT2D eigenvalue weighted by Crippen LogP contribution is 2.48. The fourth-order valence-electron chi connectivity index (χ4n) is 4.40. The van der Waals surface area contributed by atoms with E-state index in [0.29, 0.717) is 12.0 Å². The lowest BCUT2D eigenvalue weighted by atomic mass is 9.76. The molecule has 136 valence electrons. The first-order valence-corrected chi connectivity index (χ1v) is 10.4. The normalized spacial score (nSPS) is 24.5. The van der Waals surface area contributed by atoms with Gasteiger partial charge >= 0.3 is 0 Å². The number of thioether (sulfide) groups is 1. The Balaban J connectivity index is 1.66. The van der Waals surface area contributed by atoms with Gasteiger partial charge in [0.15, 0.2) is 5.78 Å². The molecular formula is C22H19FN2OS. The zero-order chi connectivity index (χ0) is 18.4. The van der Waals surface area contributed by atoms with Crippen molar-refractivity contribution in [2.24, 2.45) is 4.99 Å². The van der Waals surface area contributed by atoms with E-state index in [-0.39, 0.29) is 22.8 Å². The van der Waals surface area contributed by atoms with Crippen LogP contribution < -0.4 is 0 Å². The number of hydrogen-bond acceptors (Lipinski definition) is 4. The number of Topliss-reactive ketones (excluding diaryl/α,β-unsaturated/α-hetero) is 1. The van der Waals surface area contributed by atoms with Crippen LogP contribution in [-0.2, 0) is 4.79 Å². The molecule has 0 saturated carbocycles. The zero-order valence-electron chi connectivity index (χ0n) is 14.8. The van der Waals surface area contributed by atoms with Crippen molar-refractivity contribution < 1.29 is 9.18 Å². The number of nitrogens with zero attached hydrogens (tertiary/aromatic N) is 2. The number of hydrogen-bond donors (Lipinski definition) is 0. The maximum atomic E-state index is 14.6. The van der Waals surface area contributed by atoms with Crippen LogP contribution in [0.4, 0.5) is 4.39 Å². The number of rotatable bonds is 2. The fourth-order valence-corrected chi connectivity index (χ4v) is 5.83. The second kappa shape index (κ2) is 6.71. The molecule has 3 heterocycles. The number of pyridine rings is 1. The van der Waals surface area contributed by atoms with Crippen LogP contribution in [-0.4, -0.2) is 27.5 Å². The molecule has 5 rings (SSSR count). The molecule has 3 nitrogen and oxygen atoms in total. The van der Waals surface area contributed by atoms with Crippen LogP contribution in [0.1, 0.15) is 37.2 Å². The molecule has 0 bridgehead atoms. The van der Waals surface area contributed by atoms with Gasteiger partial charge in [0, 0.05) is 52.8 Å². The third-order valence-electron chi connectivity index (χ3n) is 5.63. The van der Waals surface area contributed by atoms with Crippen molar-refractivity contribution in [2.75, 3.05) is 5.75 Å². The second-order valence-electron chi connectivity index (χ2n) is 7.24. The van der Waals surface area contributed by atoms with Gasteiger partial charge in [-0.3, -0.25) is 14.8 Å². The molecule has 1 fully saturated rings. The van der Waals surface area contributed by atoms with E-state index in [0.717, 1.165) is 47.4 Å². The Labute approximate surface area is 161 Å². The lowest BCUT2D eigenvalue weighted by Gasteiger charge is -2.33. The van der Waals surface area contributed by atoms with Crippen molar-refractivity contribution in [2.45, 2.75) is 36.9 Å². The molecule has 0 spiro atoms. The number of carbonyl (C=O) groups excluding carboxylic acids is 1. The fraction of sp³-hybridized carbons (Fsp3) is 0.318. The summed E-state index contributed by atoms with van der Waals surface area (Å²) >= 11 is 1.87. The highest BCUT2D eigenvalue weighted by Gasteiger charge is 2.42. The van der Waals surface area contributed by atoms with Gasteiger partial charge in [-0.25, -0.2) is 4.39 Å². The molecule has 2 aliphatic heterocycles. The number of aromatic nitrogens is 1. The number of allylic oxidation sites excluding steroid dienone is 2. The maximum Gasteiger partial charge on any atom is 0.161 e. The van der Waals surface area contributed by atoms with Crippen molar-refractivity contribution >= 4 is 23.3 Å². The Morgan fingerprint density at radius 3 is 2.93 bits per heavy atom. The highest BCUT2D eigenvalue weighted by molar-refractivity contribution is 8.01. The van der Waals surface area contributed by atoms with Crippen molar-refractivity contribution in [1.29, 1.82) is 0 Å². The van der Waals surface area contributed by atoms with Crippen LogP contribution in [0.5, 0.6) is 0 Å². The summed E-state index contributed by atoms with van der Waals surface area (Å²) in [4.78, 5) is 21.8. The summed E-state index contributed by atoms with van der Waals surface area (Å²) in [7, 11) is 0. The van der Waals surface area contributed by atoms with Crippen LogP contribution in [0, 0.1) is 5.82 Å². The van der Waals surface area contributed by atoms with Crippen molar-refractivity contribution in [3.8, 4) is 11.1 Å². The van der Waals surface area contributed by atoms with Gasteiger partial charge in [-0.2, -0.15) is 11.8 Å². The van der Waals surface area contributed by atoms with Crippen molar-refractivity contribution in [3.63, 3.8) is 0 Å². The monoisotopic (exact) mass is 378 g/mol. The van der Waals surface area contributed by atoms with E-state index in [1.54, 1.807) is 12.4 Å². The van der Waals surface area contributed by atoms with Gasteiger partial charge in [0.1, 0.15) is 5.82 Å². The molecule has 2 unspecified atom stereocenters. The predicted octanol–water partition coefficient (Wildman–Crippen LogP) is 4.94. The smallest absolute Gasteiger partial charge is 0.161 e. The minimum Gasteiger partial charge on any atom is -0.294 e. The van der Waals surface area contributed by atoms with Gasteiger partial charge < -0.3 is 0 Å². The number of fused-ring (bicyclic) bond motifs is 1. The third-order valence-corrected chi connectivity index (χ3v) is 6.97. The van der Waals surface area contributed by atoms with Gasteiger partial charge in [0.25, 0.3) is 0 Å². The quantitative estimate of drug-likeness (QED) is 0.743. The van der Waals surface area contributed by atoms with E-state index < -0.39 is 0 Å². The largest absolute Gasteiger partial charge is 0.294 e. The van der Waals surface area contributed by atoms with Crippen LogP contribution in [0.2, 0.25) is 0 Å². The van der Waals surface area contributed by atoms with Gasteiger partial charge in [-0.15, -0.1) is 0 Å². The van der Waals surface area contributed by atoms with Crippen LogP contribution in [0.3, 0.4) is 0 Å². The molecule has 0 amide bonds. The van der Waals surface area contributed by atoms with E-state index >= 15 is 0 Å². The average molecular weight is 378 g/mol. The molecule has 1 saturated heterocycles. The summed E-state index contributed by atoms with van der Waals surface area (Å²) in [6.45, 7) is 0. The molecule has 0 radical (unpaired) electrons.